The van der Waals surface area contributed by atoms with Crippen LogP contribution in [0.4, 0.5) is 0 Å². The van der Waals surface area contributed by atoms with Crippen LogP contribution in [0.1, 0.15) is 27.5 Å². The van der Waals surface area contributed by atoms with Gasteiger partial charge in [-0.25, -0.2) is 4.98 Å². The fraction of sp³-hybridized carbons (Fsp3) is 0.400. The Bertz CT molecular complexity index is 381. The molecule has 0 atom stereocenters. The van der Waals surface area contributed by atoms with Crippen molar-refractivity contribution in [2.75, 3.05) is 6.61 Å². The average molecular weight is 209 g/mol. The first kappa shape index (κ1) is 9.40. The standard InChI is InChI=1S/C10H11NO2S/c1-7-11-6-9(14-7)10(12)8-4-2-3-5-13-8/h4,6H,2-3,5H2,1H3. The number of thiazole rings is 1. The molecule has 0 fully saturated rings. The molecule has 0 radical (unpaired) electrons. The predicted octanol–water partition coefficient (Wildman–Crippen LogP) is 2.33. The van der Waals surface area contributed by atoms with Crippen LogP contribution in [0, 0.1) is 6.92 Å². The van der Waals surface area contributed by atoms with Crippen molar-refractivity contribution in [1.29, 1.82) is 0 Å². The minimum atomic E-state index is -0.0321. The molecule has 0 saturated heterocycles. The number of aryl methyl sites for hydroxylation is 1. The Balaban J connectivity index is 2.19. The highest BCUT2D eigenvalue weighted by Gasteiger charge is 2.17. The summed E-state index contributed by atoms with van der Waals surface area (Å²) in [7, 11) is 0. The molecule has 0 N–H and O–H groups in total. The third-order valence-electron chi connectivity index (χ3n) is 2.00. The second-order valence-electron chi connectivity index (χ2n) is 3.13. The SMILES string of the molecule is Cc1ncc(C(=O)C2=CCCCO2)s1. The number of nitrogens with zero attached hydrogens (tertiary/aromatic N) is 1. The minimum Gasteiger partial charge on any atom is -0.490 e. The molecule has 0 aliphatic carbocycles. The van der Waals surface area contributed by atoms with E-state index in [2.05, 4.69) is 4.98 Å². The quantitative estimate of drug-likeness (QED) is 0.702. The van der Waals surface area contributed by atoms with Crippen molar-refractivity contribution >= 4 is 17.1 Å². The van der Waals surface area contributed by atoms with Crippen molar-refractivity contribution in [3.8, 4) is 0 Å². The molecule has 0 amide bonds. The van der Waals surface area contributed by atoms with Gasteiger partial charge >= 0.3 is 0 Å². The normalized spacial score (nSPS) is 15.9. The summed E-state index contributed by atoms with van der Waals surface area (Å²) in [5.74, 6) is 0.454. The largest absolute Gasteiger partial charge is 0.490 e. The maximum absolute atomic E-state index is 11.8. The molecule has 2 rings (SSSR count). The first-order valence-electron chi connectivity index (χ1n) is 4.57. The molecule has 1 aromatic rings. The van der Waals surface area contributed by atoms with Crippen molar-refractivity contribution in [3.05, 3.63) is 27.9 Å². The molecule has 4 heteroatoms. The van der Waals surface area contributed by atoms with Gasteiger partial charge in [0, 0.05) is 6.20 Å². The molecule has 74 valence electrons. The molecule has 0 bridgehead atoms. The third-order valence-corrected chi connectivity index (χ3v) is 2.92. The number of ketones is 1. The topological polar surface area (TPSA) is 39.2 Å². The van der Waals surface area contributed by atoms with Crippen LogP contribution in [-0.2, 0) is 4.74 Å². The molecule has 0 spiro atoms. The Hall–Kier alpha value is -1.16. The van der Waals surface area contributed by atoms with Gasteiger partial charge in [-0.3, -0.25) is 4.79 Å². The lowest BCUT2D eigenvalue weighted by Gasteiger charge is -2.12. The van der Waals surface area contributed by atoms with Gasteiger partial charge in [0.2, 0.25) is 5.78 Å². The van der Waals surface area contributed by atoms with Gasteiger partial charge in [-0.05, 0) is 25.8 Å². The van der Waals surface area contributed by atoms with Crippen molar-refractivity contribution < 1.29 is 9.53 Å². The van der Waals surface area contributed by atoms with E-state index in [4.69, 9.17) is 4.74 Å². The molecule has 2 heterocycles. The zero-order valence-electron chi connectivity index (χ0n) is 7.95. The van der Waals surface area contributed by atoms with Crippen LogP contribution >= 0.6 is 11.3 Å². The fourth-order valence-corrected chi connectivity index (χ4v) is 2.03. The maximum atomic E-state index is 11.8. The molecular weight excluding hydrogens is 198 g/mol. The van der Waals surface area contributed by atoms with Crippen molar-refractivity contribution in [2.45, 2.75) is 19.8 Å². The maximum Gasteiger partial charge on any atom is 0.238 e. The zero-order valence-corrected chi connectivity index (χ0v) is 8.76. The molecule has 14 heavy (non-hydrogen) atoms. The van der Waals surface area contributed by atoms with E-state index in [1.165, 1.54) is 11.3 Å². The summed E-state index contributed by atoms with van der Waals surface area (Å²) >= 11 is 1.41. The van der Waals surface area contributed by atoms with Gasteiger partial charge in [-0.1, -0.05) is 0 Å². The van der Waals surface area contributed by atoms with Gasteiger partial charge < -0.3 is 4.74 Å². The van der Waals surface area contributed by atoms with Gasteiger partial charge in [-0.2, -0.15) is 0 Å². The second kappa shape index (κ2) is 3.92. The Morgan fingerprint density at radius 3 is 3.07 bits per heavy atom. The molecule has 0 unspecified atom stereocenters. The highest BCUT2D eigenvalue weighted by atomic mass is 32.1. The predicted molar refractivity (Wildman–Crippen MR) is 54.5 cm³/mol. The summed E-state index contributed by atoms with van der Waals surface area (Å²) in [5.41, 5.74) is 0. The van der Waals surface area contributed by atoms with Crippen LogP contribution in [0.25, 0.3) is 0 Å². The first-order valence-corrected chi connectivity index (χ1v) is 5.39. The third kappa shape index (κ3) is 1.85. The number of hydrogen-bond donors (Lipinski definition) is 0. The number of rotatable bonds is 2. The molecule has 0 aromatic carbocycles. The van der Waals surface area contributed by atoms with E-state index in [1.807, 2.05) is 13.0 Å². The summed E-state index contributed by atoms with van der Waals surface area (Å²) in [6.07, 6.45) is 5.40. The molecule has 0 saturated carbocycles. The Morgan fingerprint density at radius 1 is 1.64 bits per heavy atom. The number of hydrogen-bond acceptors (Lipinski definition) is 4. The number of aromatic nitrogens is 1. The van der Waals surface area contributed by atoms with Gasteiger partial charge in [0.25, 0.3) is 0 Å². The van der Waals surface area contributed by atoms with Gasteiger partial charge in [0.15, 0.2) is 5.76 Å². The molecule has 1 aliphatic rings. The van der Waals surface area contributed by atoms with Crippen molar-refractivity contribution in [3.63, 3.8) is 0 Å². The first-order chi connectivity index (χ1) is 6.77. The Labute approximate surface area is 86.4 Å². The van der Waals surface area contributed by atoms with Gasteiger partial charge in [0.1, 0.15) is 0 Å². The second-order valence-corrected chi connectivity index (χ2v) is 4.37. The summed E-state index contributed by atoms with van der Waals surface area (Å²) < 4.78 is 5.29. The van der Waals surface area contributed by atoms with E-state index in [9.17, 15) is 4.79 Å². The minimum absolute atomic E-state index is 0.0321. The number of carbonyl (C=O) groups excluding carboxylic acids is 1. The van der Waals surface area contributed by atoms with Crippen LogP contribution in [-0.4, -0.2) is 17.4 Å². The van der Waals surface area contributed by atoms with Crippen LogP contribution in [0.5, 0.6) is 0 Å². The zero-order chi connectivity index (χ0) is 9.97. The van der Waals surface area contributed by atoms with Crippen molar-refractivity contribution in [2.24, 2.45) is 0 Å². The summed E-state index contributed by atoms with van der Waals surface area (Å²) in [6.45, 7) is 2.53. The molecule has 1 aliphatic heterocycles. The number of allylic oxidation sites excluding steroid dienone is 2. The van der Waals surface area contributed by atoms with Gasteiger partial charge in [0.05, 0.1) is 16.5 Å². The van der Waals surface area contributed by atoms with Crippen molar-refractivity contribution in [1.82, 2.24) is 4.98 Å². The highest BCUT2D eigenvalue weighted by Crippen LogP contribution is 2.19. The summed E-state index contributed by atoms with van der Waals surface area (Å²) in [4.78, 5) is 16.5. The van der Waals surface area contributed by atoms with Crippen LogP contribution < -0.4 is 0 Å². The summed E-state index contributed by atoms with van der Waals surface area (Å²) in [5, 5.41) is 0.907. The van der Waals surface area contributed by atoms with E-state index in [1.54, 1.807) is 6.20 Å². The monoisotopic (exact) mass is 209 g/mol. The van der Waals surface area contributed by atoms with E-state index < -0.39 is 0 Å². The van der Waals surface area contributed by atoms with Gasteiger partial charge in [-0.15, -0.1) is 11.3 Å². The lowest BCUT2D eigenvalue weighted by molar-refractivity contribution is 0.0902. The van der Waals surface area contributed by atoms with E-state index >= 15 is 0 Å². The molecule has 1 aromatic heterocycles. The van der Waals surface area contributed by atoms with E-state index in [0.717, 1.165) is 17.8 Å². The van der Waals surface area contributed by atoms with E-state index in [0.29, 0.717) is 17.2 Å². The fourth-order valence-electron chi connectivity index (χ4n) is 1.30. The Kier molecular flexibility index (Phi) is 2.63. The molecule has 3 nitrogen and oxygen atoms in total. The van der Waals surface area contributed by atoms with E-state index in [-0.39, 0.29) is 5.78 Å². The number of carbonyl (C=O) groups is 1. The van der Waals surface area contributed by atoms with Crippen LogP contribution in [0.3, 0.4) is 0 Å². The van der Waals surface area contributed by atoms with Crippen LogP contribution in [0.15, 0.2) is 18.0 Å². The summed E-state index contributed by atoms with van der Waals surface area (Å²) in [6, 6.07) is 0. The average Bonchev–Trinajstić information content (AvgIpc) is 2.65. The Morgan fingerprint density at radius 2 is 2.50 bits per heavy atom. The smallest absolute Gasteiger partial charge is 0.238 e. The van der Waals surface area contributed by atoms with Crippen LogP contribution in [0.2, 0.25) is 0 Å². The lowest BCUT2D eigenvalue weighted by atomic mass is 10.2. The lowest BCUT2D eigenvalue weighted by Crippen LogP contribution is -2.10. The highest BCUT2D eigenvalue weighted by molar-refractivity contribution is 7.13. The molecular formula is C10H11NO2S. The number of Topliss-reactive ketones (excluding diaryl/α,β-unsaturated/α-hetero) is 1. The number of ether oxygens (including phenoxy) is 1.